The first-order valence-corrected chi connectivity index (χ1v) is 3.24. The fraction of sp³-hybridized carbons (Fsp3) is 0.714. The molecule has 0 aliphatic heterocycles. The van der Waals surface area contributed by atoms with Crippen LogP contribution in [-0.2, 0) is 9.53 Å². The quantitative estimate of drug-likeness (QED) is 0.545. The maximum Gasteiger partial charge on any atom is 0.323 e. The lowest BCUT2D eigenvalue weighted by Gasteiger charge is -2.16. The summed E-state index contributed by atoms with van der Waals surface area (Å²) < 4.78 is 4.66. The second-order valence-electron chi connectivity index (χ2n) is 2.31. The topological polar surface area (TPSA) is 29.5 Å². The highest BCUT2D eigenvalue weighted by Crippen LogP contribution is 1.95. The van der Waals surface area contributed by atoms with E-state index in [1.54, 1.807) is 18.7 Å². The van der Waals surface area contributed by atoms with E-state index in [2.05, 4.69) is 4.74 Å². The molecule has 0 bridgehead atoms. The molecule has 0 fully saturated rings. The third-order valence-corrected chi connectivity index (χ3v) is 1.35. The van der Waals surface area contributed by atoms with Crippen molar-refractivity contribution in [3.8, 4) is 0 Å². The van der Waals surface area contributed by atoms with Crippen molar-refractivity contribution in [1.82, 2.24) is 4.90 Å². The number of rotatable bonds is 3. The number of carbonyl (C=O) groups excluding carboxylic acids is 1. The van der Waals surface area contributed by atoms with Gasteiger partial charge in [-0.2, -0.15) is 0 Å². The van der Waals surface area contributed by atoms with Crippen LogP contribution in [0, 0.1) is 6.61 Å². The van der Waals surface area contributed by atoms with E-state index in [1.807, 2.05) is 14.1 Å². The zero-order valence-electron chi connectivity index (χ0n) is 6.92. The van der Waals surface area contributed by atoms with Crippen LogP contribution in [0.1, 0.15) is 13.8 Å². The van der Waals surface area contributed by atoms with E-state index in [1.165, 1.54) is 6.61 Å². The number of likely N-dealkylation sites (N-methyl/N-ethyl adjacent to an activating group) is 1. The molecule has 3 heteroatoms. The Morgan fingerprint density at radius 3 is 2.40 bits per heavy atom. The summed E-state index contributed by atoms with van der Waals surface area (Å²) in [4.78, 5) is 12.7. The van der Waals surface area contributed by atoms with E-state index in [0.29, 0.717) is 0 Å². The van der Waals surface area contributed by atoms with Crippen molar-refractivity contribution in [3.05, 3.63) is 6.61 Å². The molecule has 0 aromatic carbocycles. The highest BCUT2D eigenvalue weighted by atomic mass is 16.5. The van der Waals surface area contributed by atoms with Crippen molar-refractivity contribution in [1.29, 1.82) is 0 Å². The predicted molar refractivity (Wildman–Crippen MR) is 39.2 cm³/mol. The largest absolute Gasteiger partial charge is 0.458 e. The van der Waals surface area contributed by atoms with Crippen molar-refractivity contribution < 1.29 is 9.53 Å². The van der Waals surface area contributed by atoms with Gasteiger partial charge < -0.3 is 4.74 Å². The summed E-state index contributed by atoms with van der Waals surface area (Å²) >= 11 is 0. The average molecular weight is 144 g/mol. The Labute approximate surface area is 62.0 Å². The zero-order valence-corrected chi connectivity index (χ0v) is 6.92. The Balaban J connectivity index is 3.71. The molecule has 0 rings (SSSR count). The van der Waals surface area contributed by atoms with Gasteiger partial charge in [0.25, 0.3) is 0 Å². The third-order valence-electron chi connectivity index (χ3n) is 1.35. The van der Waals surface area contributed by atoms with Gasteiger partial charge in [-0.15, -0.1) is 0 Å². The van der Waals surface area contributed by atoms with Crippen LogP contribution in [0.5, 0.6) is 0 Å². The number of hydrogen-bond donors (Lipinski definition) is 0. The van der Waals surface area contributed by atoms with Crippen LogP contribution in [0.15, 0.2) is 0 Å². The smallest absolute Gasteiger partial charge is 0.323 e. The molecule has 0 N–H and O–H groups in total. The SMILES string of the molecule is C[CH]OC(=O)[C@H](C)N(C)C. The standard InChI is InChI=1S/C7H14NO2/c1-5-10-7(9)6(2)8(3)4/h5-6H,1-4H3/t6-/m0/s1. The highest BCUT2D eigenvalue weighted by Gasteiger charge is 2.14. The second kappa shape index (κ2) is 4.28. The van der Waals surface area contributed by atoms with Crippen LogP contribution >= 0.6 is 0 Å². The number of carbonyl (C=O) groups is 1. The first-order chi connectivity index (χ1) is 4.59. The minimum absolute atomic E-state index is 0.170. The van der Waals surface area contributed by atoms with Gasteiger partial charge >= 0.3 is 5.97 Å². The van der Waals surface area contributed by atoms with Crippen LogP contribution in [0.3, 0.4) is 0 Å². The van der Waals surface area contributed by atoms with Gasteiger partial charge in [-0.05, 0) is 27.9 Å². The van der Waals surface area contributed by atoms with E-state index in [4.69, 9.17) is 0 Å². The Bertz CT molecular complexity index is 112. The van der Waals surface area contributed by atoms with Crippen molar-refractivity contribution in [2.45, 2.75) is 19.9 Å². The average Bonchev–Trinajstić information content (AvgIpc) is 1.87. The summed E-state index contributed by atoms with van der Waals surface area (Å²) in [6.07, 6.45) is 0. The van der Waals surface area contributed by atoms with Gasteiger partial charge in [-0.25, -0.2) is 0 Å². The number of ether oxygens (including phenoxy) is 1. The van der Waals surface area contributed by atoms with Crippen LogP contribution < -0.4 is 0 Å². The molecular formula is C7H14NO2. The molecule has 0 aromatic heterocycles. The summed E-state index contributed by atoms with van der Waals surface area (Å²) in [5.41, 5.74) is 0. The molecule has 0 heterocycles. The van der Waals surface area contributed by atoms with Gasteiger partial charge in [0, 0.05) is 0 Å². The normalized spacial score (nSPS) is 13.3. The molecule has 0 aliphatic carbocycles. The van der Waals surface area contributed by atoms with Crippen LogP contribution in [0.4, 0.5) is 0 Å². The molecule has 10 heavy (non-hydrogen) atoms. The van der Waals surface area contributed by atoms with E-state index in [9.17, 15) is 4.79 Å². The van der Waals surface area contributed by atoms with Crippen molar-refractivity contribution >= 4 is 5.97 Å². The van der Waals surface area contributed by atoms with E-state index in [0.717, 1.165) is 0 Å². The Morgan fingerprint density at radius 2 is 2.10 bits per heavy atom. The molecule has 3 nitrogen and oxygen atoms in total. The van der Waals surface area contributed by atoms with Gasteiger partial charge in [0.2, 0.25) is 0 Å². The molecule has 0 amide bonds. The van der Waals surface area contributed by atoms with E-state index < -0.39 is 0 Å². The Morgan fingerprint density at radius 1 is 1.60 bits per heavy atom. The van der Waals surface area contributed by atoms with E-state index in [-0.39, 0.29) is 12.0 Å². The molecule has 0 aliphatic rings. The minimum atomic E-state index is -0.215. The fourth-order valence-electron chi connectivity index (χ4n) is 0.425. The summed E-state index contributed by atoms with van der Waals surface area (Å²) in [5.74, 6) is -0.215. The maximum absolute atomic E-state index is 10.9. The number of nitrogens with zero attached hydrogens (tertiary/aromatic N) is 1. The van der Waals surface area contributed by atoms with Gasteiger partial charge in [-0.1, -0.05) is 0 Å². The highest BCUT2D eigenvalue weighted by molar-refractivity contribution is 5.75. The molecular weight excluding hydrogens is 130 g/mol. The number of esters is 1. The van der Waals surface area contributed by atoms with Crippen LogP contribution in [0.25, 0.3) is 0 Å². The second-order valence-corrected chi connectivity index (χ2v) is 2.31. The van der Waals surface area contributed by atoms with Crippen LogP contribution in [0.2, 0.25) is 0 Å². The molecule has 0 aromatic rings. The fourth-order valence-corrected chi connectivity index (χ4v) is 0.425. The van der Waals surface area contributed by atoms with Gasteiger partial charge in [0.05, 0.1) is 0 Å². The molecule has 59 valence electrons. The van der Waals surface area contributed by atoms with Gasteiger partial charge in [0.1, 0.15) is 12.6 Å². The lowest BCUT2D eigenvalue weighted by molar-refractivity contribution is -0.144. The van der Waals surface area contributed by atoms with Gasteiger partial charge in [0.15, 0.2) is 0 Å². The molecule has 0 saturated heterocycles. The third kappa shape index (κ3) is 2.82. The maximum atomic E-state index is 10.9. The van der Waals surface area contributed by atoms with E-state index >= 15 is 0 Å². The first kappa shape index (κ1) is 9.43. The minimum Gasteiger partial charge on any atom is -0.458 e. The van der Waals surface area contributed by atoms with Crippen molar-refractivity contribution in [3.63, 3.8) is 0 Å². The monoisotopic (exact) mass is 144 g/mol. The molecule has 0 saturated carbocycles. The first-order valence-electron chi connectivity index (χ1n) is 3.24. The van der Waals surface area contributed by atoms with Gasteiger partial charge in [-0.3, -0.25) is 9.69 Å². The summed E-state index contributed by atoms with van der Waals surface area (Å²) in [6.45, 7) is 4.87. The van der Waals surface area contributed by atoms with Crippen molar-refractivity contribution in [2.75, 3.05) is 14.1 Å². The van der Waals surface area contributed by atoms with Crippen LogP contribution in [-0.4, -0.2) is 31.0 Å². The zero-order chi connectivity index (χ0) is 8.15. The Kier molecular flexibility index (Phi) is 4.03. The van der Waals surface area contributed by atoms with Crippen molar-refractivity contribution in [2.24, 2.45) is 0 Å². The summed E-state index contributed by atoms with van der Waals surface area (Å²) in [7, 11) is 3.67. The number of hydrogen-bond acceptors (Lipinski definition) is 3. The lowest BCUT2D eigenvalue weighted by atomic mass is 10.3. The summed E-state index contributed by atoms with van der Waals surface area (Å²) in [5, 5.41) is 0. The predicted octanol–water partition coefficient (Wildman–Crippen LogP) is 0.661. The Hall–Kier alpha value is -0.570. The molecule has 1 atom stereocenters. The molecule has 1 radical (unpaired) electrons. The summed E-state index contributed by atoms with van der Waals surface area (Å²) in [6, 6.07) is -0.170. The lowest BCUT2D eigenvalue weighted by Crippen LogP contribution is -2.33. The molecule has 0 spiro atoms. The molecule has 0 unspecified atom stereocenters.